The smallest absolute Gasteiger partial charge is 0.340 e. The van der Waals surface area contributed by atoms with Gasteiger partial charge in [-0.05, 0) is 18.2 Å². The zero-order valence-corrected chi connectivity index (χ0v) is 10.8. The van der Waals surface area contributed by atoms with Crippen LogP contribution in [0, 0.1) is 6.26 Å². The lowest BCUT2D eigenvalue weighted by Gasteiger charge is -2.09. The molecular formula is C9H9BrNO4S. The van der Waals surface area contributed by atoms with Gasteiger partial charge in [-0.15, -0.1) is 0 Å². The minimum absolute atomic E-state index is 0.115. The molecule has 0 aromatic heterocycles. The highest BCUT2D eigenvalue weighted by molar-refractivity contribution is 9.10. The molecule has 1 aromatic rings. The van der Waals surface area contributed by atoms with Crippen LogP contribution in [0.3, 0.4) is 0 Å². The normalized spacial score (nSPS) is 10.9. The van der Waals surface area contributed by atoms with E-state index in [1.54, 1.807) is 6.07 Å². The van der Waals surface area contributed by atoms with E-state index in [9.17, 15) is 13.2 Å². The van der Waals surface area contributed by atoms with Crippen LogP contribution >= 0.6 is 15.9 Å². The molecule has 0 atom stereocenters. The van der Waals surface area contributed by atoms with Gasteiger partial charge in [-0.25, -0.2) is 13.2 Å². The number of nitrogens with one attached hydrogen (secondary N) is 1. The van der Waals surface area contributed by atoms with Crippen molar-refractivity contribution < 1.29 is 17.9 Å². The van der Waals surface area contributed by atoms with Gasteiger partial charge >= 0.3 is 5.97 Å². The monoisotopic (exact) mass is 306 g/mol. The molecule has 0 unspecified atom stereocenters. The second-order valence-corrected chi connectivity index (χ2v) is 5.25. The number of halogens is 1. The molecule has 0 fully saturated rings. The second-order valence-electron chi connectivity index (χ2n) is 2.90. The van der Waals surface area contributed by atoms with E-state index in [0.29, 0.717) is 4.47 Å². The molecule has 0 spiro atoms. The highest BCUT2D eigenvalue weighted by Crippen LogP contribution is 2.22. The van der Waals surface area contributed by atoms with Gasteiger partial charge in [0, 0.05) is 4.47 Å². The molecule has 7 heteroatoms. The number of carbonyl (C=O) groups is 1. The fraction of sp³-hybridized carbons (Fsp3) is 0.111. The average molecular weight is 307 g/mol. The van der Waals surface area contributed by atoms with Crippen LogP contribution in [-0.4, -0.2) is 21.5 Å². The average Bonchev–Trinajstić information content (AvgIpc) is 2.17. The van der Waals surface area contributed by atoms with E-state index in [0.717, 1.165) is 0 Å². The first-order valence-corrected chi connectivity index (χ1v) is 6.51. The molecule has 87 valence electrons. The number of anilines is 1. The number of hydrogen-bond donors (Lipinski definition) is 1. The summed E-state index contributed by atoms with van der Waals surface area (Å²) in [5, 5.41) is 0. The molecule has 0 aliphatic rings. The Morgan fingerprint density at radius 3 is 2.62 bits per heavy atom. The van der Waals surface area contributed by atoms with Gasteiger partial charge in [0.2, 0.25) is 10.0 Å². The molecule has 1 radical (unpaired) electrons. The lowest BCUT2D eigenvalue weighted by Crippen LogP contribution is -2.12. The first kappa shape index (κ1) is 13.0. The molecule has 0 saturated carbocycles. The second kappa shape index (κ2) is 4.84. The number of carbonyl (C=O) groups excluding carboxylic acids is 1. The molecule has 0 aliphatic carbocycles. The summed E-state index contributed by atoms with van der Waals surface area (Å²) in [6, 6.07) is 4.50. The summed E-state index contributed by atoms with van der Waals surface area (Å²) >= 11 is 3.17. The van der Waals surface area contributed by atoms with Gasteiger partial charge in [0.25, 0.3) is 0 Å². The van der Waals surface area contributed by atoms with Gasteiger partial charge in [0.1, 0.15) is 0 Å². The third-order valence-electron chi connectivity index (χ3n) is 1.65. The Kier molecular flexibility index (Phi) is 3.93. The maximum Gasteiger partial charge on any atom is 0.340 e. The van der Waals surface area contributed by atoms with Crippen molar-refractivity contribution in [3.63, 3.8) is 0 Å². The number of esters is 1. The molecule has 0 amide bonds. The van der Waals surface area contributed by atoms with Crippen molar-refractivity contribution in [1.82, 2.24) is 0 Å². The van der Waals surface area contributed by atoms with E-state index in [-0.39, 0.29) is 11.3 Å². The van der Waals surface area contributed by atoms with E-state index in [1.807, 2.05) is 0 Å². The van der Waals surface area contributed by atoms with E-state index >= 15 is 0 Å². The van der Waals surface area contributed by atoms with Gasteiger partial charge < -0.3 is 4.74 Å². The molecule has 1 rings (SSSR count). The van der Waals surface area contributed by atoms with Crippen molar-refractivity contribution in [2.75, 3.05) is 11.8 Å². The molecule has 0 saturated heterocycles. The van der Waals surface area contributed by atoms with Crippen LogP contribution in [0.25, 0.3) is 0 Å². The van der Waals surface area contributed by atoms with Crippen LogP contribution in [0.4, 0.5) is 5.69 Å². The van der Waals surface area contributed by atoms with Gasteiger partial charge in [-0.3, -0.25) is 4.72 Å². The summed E-state index contributed by atoms with van der Waals surface area (Å²) in [5.41, 5.74) is 0.245. The number of hydrogen-bond acceptors (Lipinski definition) is 4. The first-order valence-electron chi connectivity index (χ1n) is 4.07. The van der Waals surface area contributed by atoms with Crippen molar-refractivity contribution >= 4 is 37.6 Å². The lowest BCUT2D eigenvalue weighted by atomic mass is 10.2. The van der Waals surface area contributed by atoms with Crippen molar-refractivity contribution in [2.45, 2.75) is 0 Å². The predicted octanol–water partition coefficient (Wildman–Crippen LogP) is 1.77. The Bertz CT molecular complexity index is 512. The molecule has 0 aliphatic heterocycles. The fourth-order valence-electron chi connectivity index (χ4n) is 1.05. The summed E-state index contributed by atoms with van der Waals surface area (Å²) in [4.78, 5) is 11.4. The fourth-order valence-corrected chi connectivity index (χ4v) is 1.93. The summed E-state index contributed by atoms with van der Waals surface area (Å²) in [7, 11) is -2.46. The largest absolute Gasteiger partial charge is 0.465 e. The number of benzene rings is 1. The first-order chi connectivity index (χ1) is 7.33. The summed E-state index contributed by atoms with van der Waals surface area (Å²) < 4.78 is 29.2. The van der Waals surface area contributed by atoms with Gasteiger partial charge in [0.05, 0.1) is 24.6 Å². The maximum absolute atomic E-state index is 11.4. The van der Waals surface area contributed by atoms with Crippen LogP contribution in [0.1, 0.15) is 10.4 Å². The zero-order chi connectivity index (χ0) is 12.3. The number of methoxy groups -OCH3 is 1. The molecular weight excluding hydrogens is 298 g/mol. The van der Waals surface area contributed by atoms with Gasteiger partial charge in [-0.2, -0.15) is 0 Å². The van der Waals surface area contributed by atoms with Crippen molar-refractivity contribution in [3.8, 4) is 0 Å². The Morgan fingerprint density at radius 2 is 2.12 bits per heavy atom. The Morgan fingerprint density at radius 1 is 1.50 bits per heavy atom. The van der Waals surface area contributed by atoms with E-state index in [4.69, 9.17) is 0 Å². The topological polar surface area (TPSA) is 72.5 Å². The van der Waals surface area contributed by atoms with Crippen LogP contribution in [0.5, 0.6) is 0 Å². The van der Waals surface area contributed by atoms with Crippen molar-refractivity contribution in [3.05, 3.63) is 34.5 Å². The van der Waals surface area contributed by atoms with Crippen LogP contribution in [0.2, 0.25) is 0 Å². The molecule has 16 heavy (non-hydrogen) atoms. The SMILES string of the molecule is [CH2]S(=O)(=O)Nc1ccc(Br)cc1C(=O)OC. The highest BCUT2D eigenvalue weighted by Gasteiger charge is 2.14. The Labute approximate surface area is 102 Å². The summed E-state index contributed by atoms with van der Waals surface area (Å²) in [5.74, 6) is -0.632. The summed E-state index contributed by atoms with van der Waals surface area (Å²) in [6.45, 7) is 0. The third-order valence-corrected chi connectivity index (χ3v) is 2.68. The van der Waals surface area contributed by atoms with E-state index in [1.165, 1.54) is 19.2 Å². The quantitative estimate of drug-likeness (QED) is 0.864. The van der Waals surface area contributed by atoms with E-state index in [2.05, 4.69) is 31.6 Å². The Balaban J connectivity index is 3.23. The predicted molar refractivity (Wildman–Crippen MR) is 63.4 cm³/mol. The number of rotatable bonds is 3. The third kappa shape index (κ3) is 3.49. The van der Waals surface area contributed by atoms with Crippen LogP contribution in [-0.2, 0) is 14.8 Å². The minimum Gasteiger partial charge on any atom is -0.465 e. The van der Waals surface area contributed by atoms with Crippen LogP contribution in [0.15, 0.2) is 22.7 Å². The Hall–Kier alpha value is -1.08. The minimum atomic E-state index is -3.68. The molecule has 1 aromatic carbocycles. The zero-order valence-electron chi connectivity index (χ0n) is 8.36. The van der Waals surface area contributed by atoms with E-state index < -0.39 is 16.0 Å². The van der Waals surface area contributed by atoms with Gasteiger partial charge in [-0.1, -0.05) is 15.9 Å². The highest BCUT2D eigenvalue weighted by atomic mass is 79.9. The number of sulfonamides is 1. The van der Waals surface area contributed by atoms with Crippen molar-refractivity contribution in [2.24, 2.45) is 0 Å². The molecule has 0 bridgehead atoms. The standard InChI is InChI=1S/C9H9BrNO4S/c1-15-9(12)7-5-6(10)3-4-8(7)11-16(2,13)14/h3-5,11H,2H2,1H3. The maximum atomic E-state index is 11.4. The number of ether oxygens (including phenoxy) is 1. The molecule has 0 heterocycles. The van der Waals surface area contributed by atoms with Gasteiger partial charge in [0.15, 0.2) is 0 Å². The van der Waals surface area contributed by atoms with Crippen LogP contribution < -0.4 is 4.72 Å². The molecule has 1 N–H and O–H groups in total. The molecule has 5 nitrogen and oxygen atoms in total. The van der Waals surface area contributed by atoms with Crippen molar-refractivity contribution in [1.29, 1.82) is 0 Å². The lowest BCUT2D eigenvalue weighted by molar-refractivity contribution is 0.0602. The summed E-state index contributed by atoms with van der Waals surface area (Å²) in [6.07, 6.45) is 2.91.